The number of ether oxygens (including phenoxy) is 1. The fourth-order valence-corrected chi connectivity index (χ4v) is 2.29. The molecule has 0 saturated carbocycles. The third-order valence-corrected chi connectivity index (χ3v) is 3.17. The zero-order chi connectivity index (χ0) is 13.1. The van der Waals surface area contributed by atoms with Gasteiger partial charge in [-0.1, -0.05) is 12.1 Å². The van der Waals surface area contributed by atoms with Crippen LogP contribution in [0.5, 0.6) is 0 Å². The van der Waals surface area contributed by atoms with Crippen LogP contribution in [0.15, 0.2) is 24.3 Å². The molecule has 1 aromatic carbocycles. The summed E-state index contributed by atoms with van der Waals surface area (Å²) in [4.78, 5) is 21.9. The molecule has 2 unspecified atom stereocenters. The predicted octanol–water partition coefficient (Wildman–Crippen LogP) is 1.42. The third-order valence-electron chi connectivity index (χ3n) is 3.17. The summed E-state index contributed by atoms with van der Waals surface area (Å²) < 4.78 is 4.75. The number of carbonyl (C=O) groups excluding carboxylic acids is 1. The van der Waals surface area contributed by atoms with Gasteiger partial charge in [-0.15, -0.1) is 0 Å². The van der Waals surface area contributed by atoms with Gasteiger partial charge in [0.1, 0.15) is 0 Å². The van der Waals surface area contributed by atoms with Crippen molar-refractivity contribution in [3.8, 4) is 0 Å². The lowest BCUT2D eigenvalue weighted by Gasteiger charge is -2.17. The molecule has 1 N–H and O–H groups in total. The number of nitrogens with zero attached hydrogens (tertiary/aromatic N) is 1. The number of non-ortho nitro benzene ring substituents is 1. The van der Waals surface area contributed by atoms with Crippen molar-refractivity contribution in [3.05, 3.63) is 39.9 Å². The highest BCUT2D eigenvalue weighted by atomic mass is 16.6. The molecule has 0 radical (unpaired) electrons. The summed E-state index contributed by atoms with van der Waals surface area (Å²) in [6.07, 6.45) is 0.681. The molecule has 0 bridgehead atoms. The SMILES string of the molecule is COC(=O)C1CCNC1c1cccc([N+](=O)[O-])c1. The van der Waals surface area contributed by atoms with Crippen LogP contribution in [0, 0.1) is 16.0 Å². The molecule has 1 saturated heterocycles. The molecule has 1 aromatic rings. The van der Waals surface area contributed by atoms with Gasteiger partial charge in [-0.25, -0.2) is 0 Å². The third kappa shape index (κ3) is 2.33. The van der Waals surface area contributed by atoms with Crippen molar-refractivity contribution in [1.82, 2.24) is 5.32 Å². The van der Waals surface area contributed by atoms with Crippen molar-refractivity contribution in [2.45, 2.75) is 12.5 Å². The highest BCUT2D eigenvalue weighted by Gasteiger charge is 2.35. The fourth-order valence-electron chi connectivity index (χ4n) is 2.29. The number of nitro benzene ring substituents is 1. The molecule has 6 heteroatoms. The van der Waals surface area contributed by atoms with E-state index in [2.05, 4.69) is 5.32 Å². The highest BCUT2D eigenvalue weighted by Crippen LogP contribution is 2.31. The minimum absolute atomic E-state index is 0.0322. The van der Waals surface area contributed by atoms with Gasteiger partial charge in [0, 0.05) is 18.2 Å². The Balaban J connectivity index is 2.27. The molecule has 0 spiro atoms. The Morgan fingerprint density at radius 3 is 3.00 bits per heavy atom. The van der Waals surface area contributed by atoms with Crippen LogP contribution in [0.4, 0.5) is 5.69 Å². The Hall–Kier alpha value is -1.95. The number of hydrogen-bond donors (Lipinski definition) is 1. The van der Waals surface area contributed by atoms with E-state index < -0.39 is 4.92 Å². The van der Waals surface area contributed by atoms with Gasteiger partial charge in [-0.3, -0.25) is 14.9 Å². The van der Waals surface area contributed by atoms with E-state index in [9.17, 15) is 14.9 Å². The summed E-state index contributed by atoms with van der Waals surface area (Å²) in [7, 11) is 1.35. The van der Waals surface area contributed by atoms with E-state index in [1.54, 1.807) is 12.1 Å². The largest absolute Gasteiger partial charge is 0.469 e. The molecule has 2 rings (SSSR count). The maximum Gasteiger partial charge on any atom is 0.310 e. The van der Waals surface area contributed by atoms with Crippen LogP contribution in [0.1, 0.15) is 18.0 Å². The van der Waals surface area contributed by atoms with Gasteiger partial charge in [-0.2, -0.15) is 0 Å². The van der Waals surface area contributed by atoms with E-state index >= 15 is 0 Å². The van der Waals surface area contributed by atoms with Gasteiger partial charge >= 0.3 is 5.97 Å². The summed E-state index contributed by atoms with van der Waals surface area (Å²) in [6.45, 7) is 0.702. The van der Waals surface area contributed by atoms with Gasteiger partial charge in [0.05, 0.1) is 18.0 Å². The van der Waals surface area contributed by atoms with E-state index in [1.807, 2.05) is 0 Å². The van der Waals surface area contributed by atoms with Crippen molar-refractivity contribution in [2.75, 3.05) is 13.7 Å². The maximum atomic E-state index is 11.6. The van der Waals surface area contributed by atoms with Crippen molar-refractivity contribution >= 4 is 11.7 Å². The van der Waals surface area contributed by atoms with E-state index in [-0.39, 0.29) is 23.6 Å². The lowest BCUT2D eigenvalue weighted by Crippen LogP contribution is -2.24. The average molecular weight is 250 g/mol. The Labute approximate surface area is 104 Å². The van der Waals surface area contributed by atoms with Crippen LogP contribution < -0.4 is 5.32 Å². The summed E-state index contributed by atoms with van der Waals surface area (Å²) in [5, 5.41) is 13.9. The maximum absolute atomic E-state index is 11.6. The van der Waals surface area contributed by atoms with Crippen LogP contribution in [0.3, 0.4) is 0 Å². The highest BCUT2D eigenvalue weighted by molar-refractivity contribution is 5.74. The summed E-state index contributed by atoms with van der Waals surface area (Å²) in [6, 6.07) is 6.13. The van der Waals surface area contributed by atoms with Crippen molar-refractivity contribution in [1.29, 1.82) is 0 Å². The van der Waals surface area contributed by atoms with Gasteiger partial charge in [-0.05, 0) is 18.5 Å². The summed E-state index contributed by atoms with van der Waals surface area (Å²) >= 11 is 0. The molecular weight excluding hydrogens is 236 g/mol. The van der Waals surface area contributed by atoms with Crippen LogP contribution in [-0.4, -0.2) is 24.5 Å². The molecule has 1 aliphatic heterocycles. The van der Waals surface area contributed by atoms with Crippen LogP contribution >= 0.6 is 0 Å². The lowest BCUT2D eigenvalue weighted by molar-refractivity contribution is -0.384. The smallest absolute Gasteiger partial charge is 0.310 e. The quantitative estimate of drug-likeness (QED) is 0.498. The van der Waals surface area contributed by atoms with Gasteiger partial charge < -0.3 is 10.1 Å². The predicted molar refractivity (Wildman–Crippen MR) is 64.0 cm³/mol. The number of benzene rings is 1. The van der Waals surface area contributed by atoms with E-state index in [1.165, 1.54) is 19.2 Å². The van der Waals surface area contributed by atoms with Crippen molar-refractivity contribution in [2.24, 2.45) is 5.92 Å². The average Bonchev–Trinajstić information content (AvgIpc) is 2.87. The second kappa shape index (κ2) is 5.14. The standard InChI is InChI=1S/C12H14N2O4/c1-18-12(15)10-5-6-13-11(10)8-3-2-4-9(7-8)14(16)17/h2-4,7,10-11,13H,5-6H2,1H3. The number of rotatable bonds is 3. The molecular formula is C12H14N2O4. The first kappa shape index (κ1) is 12.5. The van der Waals surface area contributed by atoms with E-state index in [0.29, 0.717) is 13.0 Å². The fraction of sp³-hybridized carbons (Fsp3) is 0.417. The zero-order valence-corrected chi connectivity index (χ0v) is 9.96. The number of carbonyl (C=O) groups is 1. The molecule has 0 aliphatic carbocycles. The first-order valence-electron chi connectivity index (χ1n) is 5.69. The number of nitrogens with one attached hydrogen (secondary N) is 1. The second-order valence-corrected chi connectivity index (χ2v) is 4.20. The number of nitro groups is 1. The topological polar surface area (TPSA) is 81.5 Å². The number of esters is 1. The minimum Gasteiger partial charge on any atom is -0.469 e. The Morgan fingerprint density at radius 1 is 1.56 bits per heavy atom. The first-order valence-corrected chi connectivity index (χ1v) is 5.69. The normalized spacial score (nSPS) is 22.7. The molecule has 1 aliphatic rings. The van der Waals surface area contributed by atoms with Crippen LogP contribution in [0.25, 0.3) is 0 Å². The molecule has 1 fully saturated rings. The Bertz CT molecular complexity index is 475. The zero-order valence-electron chi connectivity index (χ0n) is 9.96. The molecule has 0 amide bonds. The van der Waals surface area contributed by atoms with E-state index in [4.69, 9.17) is 4.74 Å². The van der Waals surface area contributed by atoms with Crippen LogP contribution in [-0.2, 0) is 9.53 Å². The van der Waals surface area contributed by atoms with Crippen molar-refractivity contribution < 1.29 is 14.5 Å². The molecule has 6 nitrogen and oxygen atoms in total. The van der Waals surface area contributed by atoms with Crippen LogP contribution in [0.2, 0.25) is 0 Å². The van der Waals surface area contributed by atoms with Gasteiger partial charge in [0.15, 0.2) is 0 Å². The molecule has 1 heterocycles. The van der Waals surface area contributed by atoms with Gasteiger partial charge in [0.2, 0.25) is 0 Å². The number of methoxy groups -OCH3 is 1. The van der Waals surface area contributed by atoms with E-state index in [0.717, 1.165) is 5.56 Å². The molecule has 2 atom stereocenters. The Kier molecular flexibility index (Phi) is 3.57. The lowest BCUT2D eigenvalue weighted by atomic mass is 9.94. The number of hydrogen-bond acceptors (Lipinski definition) is 5. The molecule has 0 aromatic heterocycles. The second-order valence-electron chi connectivity index (χ2n) is 4.20. The van der Waals surface area contributed by atoms with Gasteiger partial charge in [0.25, 0.3) is 5.69 Å². The molecule has 18 heavy (non-hydrogen) atoms. The Morgan fingerprint density at radius 2 is 2.33 bits per heavy atom. The summed E-state index contributed by atoms with van der Waals surface area (Å²) in [5.41, 5.74) is 0.780. The first-order chi connectivity index (χ1) is 8.63. The minimum atomic E-state index is -0.439. The molecule has 96 valence electrons. The summed E-state index contributed by atoms with van der Waals surface area (Å²) in [5.74, 6) is -0.562. The monoisotopic (exact) mass is 250 g/mol. The van der Waals surface area contributed by atoms with Crippen molar-refractivity contribution in [3.63, 3.8) is 0 Å².